The summed E-state index contributed by atoms with van der Waals surface area (Å²) < 4.78 is 18.9. The van der Waals surface area contributed by atoms with Gasteiger partial charge in [0, 0.05) is 6.54 Å². The van der Waals surface area contributed by atoms with Crippen LogP contribution in [0, 0.1) is 5.82 Å². The third kappa shape index (κ3) is 2.68. The second-order valence-corrected chi connectivity index (χ2v) is 3.68. The summed E-state index contributed by atoms with van der Waals surface area (Å²) in [7, 11) is 1.46. The predicted octanol–water partition coefficient (Wildman–Crippen LogP) is 2.35. The van der Waals surface area contributed by atoms with Crippen molar-refractivity contribution in [2.24, 2.45) is 0 Å². The van der Waals surface area contributed by atoms with Crippen molar-refractivity contribution in [3.8, 4) is 5.75 Å². The van der Waals surface area contributed by atoms with E-state index in [1.165, 1.54) is 19.2 Å². The molecular formula is C10H11BrFNO2. The SMILES string of the molecule is CCNC(=O)c1cc(OC)c(Br)cc1F. The second kappa shape index (κ2) is 5.11. The van der Waals surface area contributed by atoms with Crippen LogP contribution < -0.4 is 10.1 Å². The summed E-state index contributed by atoms with van der Waals surface area (Å²) in [5, 5.41) is 2.52. The molecule has 0 spiro atoms. The standard InChI is InChI=1S/C10H11BrFNO2/c1-3-13-10(14)6-4-9(15-2)7(11)5-8(6)12/h4-5H,3H2,1-2H3,(H,13,14). The third-order valence-electron chi connectivity index (χ3n) is 1.82. The van der Waals surface area contributed by atoms with Gasteiger partial charge in [-0.05, 0) is 35.0 Å². The van der Waals surface area contributed by atoms with Crippen molar-refractivity contribution in [1.82, 2.24) is 5.32 Å². The lowest BCUT2D eigenvalue weighted by Gasteiger charge is -2.08. The Bertz CT molecular complexity index is 382. The average Bonchev–Trinajstić information content (AvgIpc) is 2.18. The summed E-state index contributed by atoms with van der Waals surface area (Å²) >= 11 is 3.13. The van der Waals surface area contributed by atoms with Crippen LogP contribution in [0.15, 0.2) is 16.6 Å². The Kier molecular flexibility index (Phi) is 4.08. The molecule has 1 amide bonds. The molecule has 0 saturated heterocycles. The third-order valence-corrected chi connectivity index (χ3v) is 2.44. The van der Waals surface area contributed by atoms with Gasteiger partial charge in [-0.25, -0.2) is 4.39 Å². The summed E-state index contributed by atoms with van der Waals surface area (Å²) in [5.41, 5.74) is -0.0168. The Labute approximate surface area is 95.7 Å². The molecule has 5 heteroatoms. The number of halogens is 2. The van der Waals surface area contributed by atoms with Crippen LogP contribution in [0.3, 0.4) is 0 Å². The molecular weight excluding hydrogens is 265 g/mol. The zero-order chi connectivity index (χ0) is 11.4. The first-order chi connectivity index (χ1) is 7.10. The quantitative estimate of drug-likeness (QED) is 0.920. The van der Waals surface area contributed by atoms with Crippen LogP contribution in [0.5, 0.6) is 5.75 Å². The molecule has 0 aromatic heterocycles. The summed E-state index contributed by atoms with van der Waals surface area (Å²) in [6.07, 6.45) is 0. The Hall–Kier alpha value is -1.10. The van der Waals surface area contributed by atoms with E-state index in [9.17, 15) is 9.18 Å². The van der Waals surface area contributed by atoms with Crippen molar-refractivity contribution < 1.29 is 13.9 Å². The summed E-state index contributed by atoms with van der Waals surface area (Å²) in [5.74, 6) is -0.591. The van der Waals surface area contributed by atoms with Gasteiger partial charge in [-0.3, -0.25) is 4.79 Å². The van der Waals surface area contributed by atoms with Gasteiger partial charge in [0.15, 0.2) is 0 Å². The molecule has 1 N–H and O–H groups in total. The number of carbonyl (C=O) groups excluding carboxylic acids is 1. The van der Waals surface area contributed by atoms with Crippen LogP contribution in [0.25, 0.3) is 0 Å². The number of ether oxygens (including phenoxy) is 1. The fourth-order valence-electron chi connectivity index (χ4n) is 1.12. The van der Waals surface area contributed by atoms with Gasteiger partial charge < -0.3 is 10.1 Å². The van der Waals surface area contributed by atoms with E-state index in [-0.39, 0.29) is 5.56 Å². The number of hydrogen-bond acceptors (Lipinski definition) is 2. The highest BCUT2D eigenvalue weighted by Gasteiger charge is 2.14. The Morgan fingerprint density at radius 3 is 2.80 bits per heavy atom. The maximum absolute atomic E-state index is 13.4. The van der Waals surface area contributed by atoms with E-state index >= 15 is 0 Å². The van der Waals surface area contributed by atoms with Crippen LogP contribution in [-0.4, -0.2) is 19.6 Å². The highest BCUT2D eigenvalue weighted by atomic mass is 79.9. The van der Waals surface area contributed by atoms with Crippen LogP contribution in [0.1, 0.15) is 17.3 Å². The van der Waals surface area contributed by atoms with Gasteiger partial charge in [0.2, 0.25) is 0 Å². The minimum absolute atomic E-state index is 0.0168. The summed E-state index contributed by atoms with van der Waals surface area (Å²) in [6, 6.07) is 2.58. The molecule has 1 aromatic rings. The fraction of sp³-hybridized carbons (Fsp3) is 0.300. The Morgan fingerprint density at radius 2 is 2.27 bits per heavy atom. The predicted molar refractivity (Wildman–Crippen MR) is 58.7 cm³/mol. The molecule has 15 heavy (non-hydrogen) atoms. The Balaban J connectivity index is 3.12. The first kappa shape index (κ1) is 12.0. The lowest BCUT2D eigenvalue weighted by molar-refractivity contribution is 0.0951. The molecule has 0 fully saturated rings. The van der Waals surface area contributed by atoms with Gasteiger partial charge in [0.05, 0.1) is 17.1 Å². The highest BCUT2D eigenvalue weighted by Crippen LogP contribution is 2.27. The molecule has 0 heterocycles. The molecule has 1 aromatic carbocycles. The van der Waals surface area contributed by atoms with Crippen molar-refractivity contribution in [3.05, 3.63) is 28.0 Å². The summed E-state index contributed by atoms with van der Waals surface area (Å²) in [6.45, 7) is 2.22. The van der Waals surface area contributed by atoms with Gasteiger partial charge in [0.1, 0.15) is 11.6 Å². The molecule has 0 aliphatic rings. The van der Waals surface area contributed by atoms with Gasteiger partial charge in [-0.15, -0.1) is 0 Å². The van der Waals surface area contributed by atoms with Crippen molar-refractivity contribution >= 4 is 21.8 Å². The zero-order valence-electron chi connectivity index (χ0n) is 8.43. The van der Waals surface area contributed by atoms with Crippen molar-refractivity contribution in [1.29, 1.82) is 0 Å². The summed E-state index contributed by atoms with van der Waals surface area (Å²) in [4.78, 5) is 11.4. The molecule has 3 nitrogen and oxygen atoms in total. The number of benzene rings is 1. The maximum atomic E-state index is 13.4. The van der Waals surface area contributed by atoms with Gasteiger partial charge in [-0.1, -0.05) is 0 Å². The zero-order valence-corrected chi connectivity index (χ0v) is 10.0. The minimum Gasteiger partial charge on any atom is -0.496 e. The number of carbonyl (C=O) groups is 1. The molecule has 82 valence electrons. The van der Waals surface area contributed by atoms with Crippen LogP contribution in [0.4, 0.5) is 4.39 Å². The highest BCUT2D eigenvalue weighted by molar-refractivity contribution is 9.10. The Morgan fingerprint density at radius 1 is 1.60 bits per heavy atom. The van der Waals surface area contributed by atoms with Gasteiger partial charge >= 0.3 is 0 Å². The molecule has 0 atom stereocenters. The normalized spacial score (nSPS) is 9.87. The van der Waals surface area contributed by atoms with E-state index in [1.807, 2.05) is 0 Å². The smallest absolute Gasteiger partial charge is 0.254 e. The first-order valence-corrected chi connectivity index (χ1v) is 5.20. The molecule has 0 aliphatic heterocycles. The van der Waals surface area contributed by atoms with E-state index in [2.05, 4.69) is 21.2 Å². The molecule has 0 bridgehead atoms. The molecule has 0 radical (unpaired) electrons. The lowest BCUT2D eigenvalue weighted by atomic mass is 10.2. The average molecular weight is 276 g/mol. The topological polar surface area (TPSA) is 38.3 Å². The number of nitrogens with one attached hydrogen (secondary N) is 1. The molecule has 0 unspecified atom stereocenters. The van der Waals surface area contributed by atoms with Crippen molar-refractivity contribution in [2.45, 2.75) is 6.92 Å². The minimum atomic E-state index is -0.575. The fourth-order valence-corrected chi connectivity index (χ4v) is 1.59. The molecule has 0 aliphatic carbocycles. The number of methoxy groups -OCH3 is 1. The van der Waals surface area contributed by atoms with Crippen molar-refractivity contribution in [3.63, 3.8) is 0 Å². The van der Waals surface area contributed by atoms with E-state index in [0.29, 0.717) is 16.8 Å². The number of rotatable bonds is 3. The van der Waals surface area contributed by atoms with E-state index in [1.54, 1.807) is 6.92 Å². The second-order valence-electron chi connectivity index (χ2n) is 2.83. The van der Waals surface area contributed by atoms with Gasteiger partial charge in [0.25, 0.3) is 5.91 Å². The molecule has 1 rings (SSSR count). The van der Waals surface area contributed by atoms with Crippen LogP contribution in [-0.2, 0) is 0 Å². The number of amides is 1. The van der Waals surface area contributed by atoms with E-state index in [0.717, 1.165) is 0 Å². The molecule has 0 saturated carbocycles. The van der Waals surface area contributed by atoms with E-state index in [4.69, 9.17) is 4.74 Å². The van der Waals surface area contributed by atoms with Gasteiger partial charge in [-0.2, -0.15) is 0 Å². The maximum Gasteiger partial charge on any atom is 0.254 e. The lowest BCUT2D eigenvalue weighted by Crippen LogP contribution is -2.23. The van der Waals surface area contributed by atoms with Crippen LogP contribution in [0.2, 0.25) is 0 Å². The van der Waals surface area contributed by atoms with Crippen LogP contribution >= 0.6 is 15.9 Å². The largest absolute Gasteiger partial charge is 0.496 e. The van der Waals surface area contributed by atoms with Crippen molar-refractivity contribution in [2.75, 3.05) is 13.7 Å². The number of hydrogen-bond donors (Lipinski definition) is 1. The monoisotopic (exact) mass is 275 g/mol. The first-order valence-electron chi connectivity index (χ1n) is 4.41. The van der Waals surface area contributed by atoms with E-state index < -0.39 is 11.7 Å².